The van der Waals surface area contributed by atoms with Crippen molar-refractivity contribution in [3.05, 3.63) is 59.1 Å². The molecule has 0 N–H and O–H groups in total. The fourth-order valence-corrected chi connectivity index (χ4v) is 4.21. The van der Waals surface area contributed by atoms with Gasteiger partial charge in [-0.1, -0.05) is 23.7 Å². The summed E-state index contributed by atoms with van der Waals surface area (Å²) < 4.78 is 0. The number of benzene rings is 2. The van der Waals surface area contributed by atoms with E-state index in [9.17, 15) is 4.79 Å². The van der Waals surface area contributed by atoms with Gasteiger partial charge in [0.2, 0.25) is 5.91 Å². The van der Waals surface area contributed by atoms with Crippen LogP contribution < -0.4 is 9.80 Å². The Morgan fingerprint density at radius 3 is 2.33 bits per heavy atom. The van der Waals surface area contributed by atoms with Crippen molar-refractivity contribution in [2.24, 2.45) is 0 Å². The molecule has 6 heteroatoms. The molecule has 1 unspecified atom stereocenters. The summed E-state index contributed by atoms with van der Waals surface area (Å²) in [6, 6.07) is 17.2. The van der Waals surface area contributed by atoms with Gasteiger partial charge in [0.15, 0.2) is 0 Å². The first-order valence-electron chi connectivity index (χ1n) is 9.22. The molecule has 27 heavy (non-hydrogen) atoms. The number of amides is 1. The molecule has 2 heterocycles. The standard InChI is InChI=1S/C21H21ClN4O/c22-18-3-1-2-4-19(18)24-11-13-25(14-12-24)20-9-10-26(21(20)27)17-7-5-16(15-23)6-8-17/h1-8,20H,9-14H2. The Hall–Kier alpha value is -2.55. The number of hydrogen-bond acceptors (Lipinski definition) is 4. The summed E-state index contributed by atoms with van der Waals surface area (Å²) in [5, 5.41) is 9.70. The molecule has 0 radical (unpaired) electrons. The van der Waals surface area contributed by atoms with Crippen LogP contribution in [0, 0.1) is 11.3 Å². The second-order valence-electron chi connectivity index (χ2n) is 6.93. The zero-order chi connectivity index (χ0) is 18.8. The minimum Gasteiger partial charge on any atom is -0.368 e. The van der Waals surface area contributed by atoms with Crippen LogP contribution in [0.2, 0.25) is 5.02 Å². The number of hydrogen-bond donors (Lipinski definition) is 0. The van der Waals surface area contributed by atoms with Gasteiger partial charge in [0.1, 0.15) is 0 Å². The van der Waals surface area contributed by atoms with E-state index in [0.29, 0.717) is 5.56 Å². The quantitative estimate of drug-likeness (QED) is 0.820. The van der Waals surface area contributed by atoms with E-state index in [-0.39, 0.29) is 11.9 Å². The van der Waals surface area contributed by atoms with Gasteiger partial charge in [0, 0.05) is 38.4 Å². The molecule has 138 valence electrons. The van der Waals surface area contributed by atoms with Crippen LogP contribution in [0.3, 0.4) is 0 Å². The lowest BCUT2D eigenvalue weighted by Crippen LogP contribution is -2.52. The summed E-state index contributed by atoms with van der Waals surface area (Å²) in [5.74, 6) is 0.158. The van der Waals surface area contributed by atoms with Crippen LogP contribution in [0.25, 0.3) is 0 Å². The summed E-state index contributed by atoms with van der Waals surface area (Å²) >= 11 is 6.32. The molecule has 5 nitrogen and oxygen atoms in total. The van der Waals surface area contributed by atoms with Gasteiger partial charge in [-0.2, -0.15) is 5.26 Å². The molecule has 0 bridgehead atoms. The SMILES string of the molecule is N#Cc1ccc(N2CCC(N3CCN(c4ccccc4Cl)CC3)C2=O)cc1. The molecular weight excluding hydrogens is 360 g/mol. The minimum absolute atomic E-state index is 0.0611. The van der Waals surface area contributed by atoms with Gasteiger partial charge in [-0.15, -0.1) is 0 Å². The van der Waals surface area contributed by atoms with Crippen LogP contribution in [-0.2, 0) is 4.79 Å². The normalized spacial score (nSPS) is 20.7. The van der Waals surface area contributed by atoms with Gasteiger partial charge in [-0.05, 0) is 42.8 Å². The average molecular weight is 381 g/mol. The summed E-state index contributed by atoms with van der Waals surface area (Å²) in [6.45, 7) is 4.15. The van der Waals surface area contributed by atoms with E-state index in [4.69, 9.17) is 16.9 Å². The van der Waals surface area contributed by atoms with Crippen molar-refractivity contribution >= 4 is 28.9 Å². The Bertz CT molecular complexity index is 868. The van der Waals surface area contributed by atoms with E-state index >= 15 is 0 Å². The number of anilines is 2. The second kappa shape index (κ2) is 7.59. The predicted molar refractivity (Wildman–Crippen MR) is 107 cm³/mol. The summed E-state index contributed by atoms with van der Waals surface area (Å²) in [7, 11) is 0. The molecule has 0 aromatic heterocycles. The molecule has 0 saturated carbocycles. The molecule has 4 rings (SSSR count). The van der Waals surface area contributed by atoms with Crippen molar-refractivity contribution in [3.63, 3.8) is 0 Å². The van der Waals surface area contributed by atoms with Gasteiger partial charge in [-0.3, -0.25) is 9.69 Å². The average Bonchev–Trinajstić information content (AvgIpc) is 3.10. The number of carbonyl (C=O) groups excluding carboxylic acids is 1. The first-order chi connectivity index (χ1) is 13.2. The number of nitrogens with zero attached hydrogens (tertiary/aromatic N) is 4. The van der Waals surface area contributed by atoms with E-state index in [0.717, 1.165) is 55.5 Å². The fraction of sp³-hybridized carbons (Fsp3) is 0.333. The van der Waals surface area contributed by atoms with Crippen LogP contribution in [0.15, 0.2) is 48.5 Å². The van der Waals surface area contributed by atoms with Crippen molar-refractivity contribution in [1.29, 1.82) is 5.26 Å². The Balaban J connectivity index is 1.40. The third-order valence-electron chi connectivity index (χ3n) is 5.43. The van der Waals surface area contributed by atoms with Crippen LogP contribution in [-0.4, -0.2) is 49.6 Å². The van der Waals surface area contributed by atoms with Gasteiger partial charge in [0.05, 0.1) is 28.4 Å². The van der Waals surface area contributed by atoms with Crippen LogP contribution in [0.4, 0.5) is 11.4 Å². The van der Waals surface area contributed by atoms with E-state index in [1.165, 1.54) is 0 Å². The smallest absolute Gasteiger partial charge is 0.244 e. The first kappa shape index (κ1) is 17.8. The van der Waals surface area contributed by atoms with E-state index < -0.39 is 0 Å². The number of nitriles is 1. The summed E-state index contributed by atoms with van der Waals surface area (Å²) in [4.78, 5) is 19.4. The molecule has 2 aromatic rings. The third kappa shape index (κ3) is 3.51. The molecule has 2 fully saturated rings. The second-order valence-corrected chi connectivity index (χ2v) is 7.33. The van der Waals surface area contributed by atoms with Gasteiger partial charge in [-0.25, -0.2) is 0 Å². The Morgan fingerprint density at radius 2 is 1.67 bits per heavy atom. The third-order valence-corrected chi connectivity index (χ3v) is 5.75. The lowest BCUT2D eigenvalue weighted by molar-refractivity contribution is -0.121. The van der Waals surface area contributed by atoms with Gasteiger partial charge >= 0.3 is 0 Å². The number of halogens is 1. The number of rotatable bonds is 3. The van der Waals surface area contributed by atoms with Crippen molar-refractivity contribution in [2.75, 3.05) is 42.5 Å². The molecule has 2 aromatic carbocycles. The monoisotopic (exact) mass is 380 g/mol. The maximum Gasteiger partial charge on any atom is 0.244 e. The lowest BCUT2D eigenvalue weighted by atomic mass is 10.1. The van der Waals surface area contributed by atoms with Gasteiger partial charge in [0.25, 0.3) is 0 Å². The van der Waals surface area contributed by atoms with Crippen molar-refractivity contribution < 1.29 is 4.79 Å². The van der Waals surface area contributed by atoms with Crippen molar-refractivity contribution in [1.82, 2.24) is 4.90 Å². The minimum atomic E-state index is -0.0611. The highest BCUT2D eigenvalue weighted by Crippen LogP contribution is 2.29. The Labute approximate surface area is 164 Å². The topological polar surface area (TPSA) is 50.6 Å². The highest BCUT2D eigenvalue weighted by atomic mass is 35.5. The maximum atomic E-state index is 12.9. The highest BCUT2D eigenvalue weighted by molar-refractivity contribution is 6.33. The van der Waals surface area contributed by atoms with Crippen molar-refractivity contribution in [3.8, 4) is 6.07 Å². The molecule has 2 saturated heterocycles. The lowest BCUT2D eigenvalue weighted by Gasteiger charge is -2.38. The number of carbonyl (C=O) groups is 1. The number of para-hydroxylation sites is 1. The highest BCUT2D eigenvalue weighted by Gasteiger charge is 2.37. The zero-order valence-corrected chi connectivity index (χ0v) is 15.8. The molecular formula is C21H21ClN4O. The molecule has 0 spiro atoms. The van der Waals surface area contributed by atoms with Gasteiger partial charge < -0.3 is 9.80 Å². The molecule has 2 aliphatic heterocycles. The van der Waals surface area contributed by atoms with E-state index in [2.05, 4.69) is 15.9 Å². The number of piperazine rings is 1. The van der Waals surface area contributed by atoms with Crippen LogP contribution in [0.5, 0.6) is 0 Å². The Kier molecular flexibility index (Phi) is 5.02. The largest absolute Gasteiger partial charge is 0.368 e. The molecule has 2 aliphatic rings. The predicted octanol–water partition coefficient (Wildman–Crippen LogP) is 3.14. The van der Waals surface area contributed by atoms with Crippen molar-refractivity contribution in [2.45, 2.75) is 12.5 Å². The molecule has 1 atom stereocenters. The zero-order valence-electron chi connectivity index (χ0n) is 15.0. The maximum absolute atomic E-state index is 12.9. The summed E-state index contributed by atoms with van der Waals surface area (Å²) in [5.41, 5.74) is 2.55. The van der Waals surface area contributed by atoms with Crippen LogP contribution in [0.1, 0.15) is 12.0 Å². The fourth-order valence-electron chi connectivity index (χ4n) is 3.96. The van der Waals surface area contributed by atoms with Crippen LogP contribution >= 0.6 is 11.6 Å². The van der Waals surface area contributed by atoms with E-state index in [1.807, 2.05) is 41.3 Å². The molecule has 1 amide bonds. The van der Waals surface area contributed by atoms with E-state index in [1.54, 1.807) is 12.1 Å². The Morgan fingerprint density at radius 1 is 0.963 bits per heavy atom. The summed E-state index contributed by atoms with van der Waals surface area (Å²) in [6.07, 6.45) is 0.838. The molecule has 0 aliphatic carbocycles. The first-order valence-corrected chi connectivity index (χ1v) is 9.60.